The molecule has 94 valence electrons. The van der Waals surface area contributed by atoms with Gasteiger partial charge in [-0.3, -0.25) is 0 Å². The first-order chi connectivity index (χ1) is 7.79. The van der Waals surface area contributed by atoms with E-state index in [9.17, 15) is 5.11 Å². The quantitative estimate of drug-likeness (QED) is 0.830. The van der Waals surface area contributed by atoms with Crippen molar-refractivity contribution in [1.82, 2.24) is 9.88 Å². The molecule has 0 saturated heterocycles. The molecule has 0 aromatic carbocycles. The van der Waals surface area contributed by atoms with E-state index in [4.69, 9.17) is 5.26 Å². The van der Waals surface area contributed by atoms with Gasteiger partial charge in [-0.25, -0.2) is 0 Å². The molecule has 0 aliphatic rings. The number of nitriles is 1. The van der Waals surface area contributed by atoms with Crippen molar-refractivity contribution >= 4 is 0 Å². The normalized spacial score (nSPS) is 13.5. The standard InChI is InChI=1S/C13H21N3O/c1-9-11(6-12(7-14)16(9)5)8-15-13(3,4)10(2)17/h6,10,15,17H,8H2,1-5H3. The van der Waals surface area contributed by atoms with Crippen LogP contribution in [0.3, 0.4) is 0 Å². The molecule has 0 radical (unpaired) electrons. The molecule has 1 aromatic heterocycles. The van der Waals surface area contributed by atoms with Crippen molar-refractivity contribution in [2.45, 2.75) is 45.9 Å². The van der Waals surface area contributed by atoms with Gasteiger partial charge in [0, 0.05) is 24.8 Å². The van der Waals surface area contributed by atoms with Gasteiger partial charge in [0.15, 0.2) is 0 Å². The van der Waals surface area contributed by atoms with Crippen LogP contribution < -0.4 is 5.32 Å². The van der Waals surface area contributed by atoms with Crippen LogP contribution in [0.5, 0.6) is 0 Å². The van der Waals surface area contributed by atoms with Crippen LogP contribution in [-0.2, 0) is 13.6 Å². The number of nitrogens with one attached hydrogen (secondary N) is 1. The van der Waals surface area contributed by atoms with E-state index in [0.29, 0.717) is 12.2 Å². The molecule has 1 rings (SSSR count). The summed E-state index contributed by atoms with van der Waals surface area (Å²) in [6, 6.07) is 4.05. The fourth-order valence-corrected chi connectivity index (χ4v) is 1.52. The molecule has 4 nitrogen and oxygen atoms in total. The Hall–Kier alpha value is -1.31. The van der Waals surface area contributed by atoms with Gasteiger partial charge in [0.2, 0.25) is 0 Å². The van der Waals surface area contributed by atoms with E-state index < -0.39 is 6.10 Å². The summed E-state index contributed by atoms with van der Waals surface area (Å²) in [5, 5.41) is 21.9. The van der Waals surface area contributed by atoms with E-state index in [1.807, 2.05) is 38.5 Å². The molecule has 17 heavy (non-hydrogen) atoms. The third-order valence-corrected chi connectivity index (χ3v) is 3.53. The molecule has 1 heterocycles. The van der Waals surface area contributed by atoms with E-state index in [1.54, 1.807) is 6.92 Å². The van der Waals surface area contributed by atoms with E-state index in [1.165, 1.54) is 0 Å². The maximum Gasteiger partial charge on any atom is 0.120 e. The molecule has 4 heteroatoms. The largest absolute Gasteiger partial charge is 0.392 e. The summed E-state index contributed by atoms with van der Waals surface area (Å²) in [5.41, 5.74) is 2.50. The van der Waals surface area contributed by atoms with E-state index in [0.717, 1.165) is 11.3 Å². The molecule has 1 aromatic rings. The molecular weight excluding hydrogens is 214 g/mol. The number of rotatable bonds is 4. The smallest absolute Gasteiger partial charge is 0.120 e. The van der Waals surface area contributed by atoms with Gasteiger partial charge in [0.1, 0.15) is 11.8 Å². The van der Waals surface area contributed by atoms with Crippen molar-refractivity contribution in [1.29, 1.82) is 5.26 Å². The van der Waals surface area contributed by atoms with Gasteiger partial charge >= 0.3 is 0 Å². The summed E-state index contributed by atoms with van der Waals surface area (Å²) in [4.78, 5) is 0. The van der Waals surface area contributed by atoms with Gasteiger partial charge in [-0.15, -0.1) is 0 Å². The Morgan fingerprint density at radius 2 is 2.18 bits per heavy atom. The van der Waals surface area contributed by atoms with Crippen LogP contribution in [-0.4, -0.2) is 21.3 Å². The average Bonchev–Trinajstić information content (AvgIpc) is 2.53. The zero-order chi connectivity index (χ0) is 13.2. The zero-order valence-electron chi connectivity index (χ0n) is 11.2. The van der Waals surface area contributed by atoms with Crippen molar-refractivity contribution in [2.75, 3.05) is 0 Å². The summed E-state index contributed by atoms with van der Waals surface area (Å²) in [6.45, 7) is 8.33. The predicted octanol–water partition coefficient (Wildman–Crippen LogP) is 1.45. The van der Waals surface area contributed by atoms with Crippen molar-refractivity contribution in [3.05, 3.63) is 23.0 Å². The van der Waals surface area contributed by atoms with Crippen molar-refractivity contribution < 1.29 is 5.11 Å². The molecule has 0 bridgehead atoms. The highest BCUT2D eigenvalue weighted by atomic mass is 16.3. The average molecular weight is 235 g/mol. The number of hydrogen-bond donors (Lipinski definition) is 2. The first kappa shape index (κ1) is 13.8. The van der Waals surface area contributed by atoms with Crippen molar-refractivity contribution in [2.24, 2.45) is 7.05 Å². The number of aliphatic hydroxyl groups is 1. The third-order valence-electron chi connectivity index (χ3n) is 3.53. The van der Waals surface area contributed by atoms with E-state index >= 15 is 0 Å². The van der Waals surface area contributed by atoms with Gasteiger partial charge in [-0.05, 0) is 39.3 Å². The fourth-order valence-electron chi connectivity index (χ4n) is 1.52. The third kappa shape index (κ3) is 2.87. The van der Waals surface area contributed by atoms with Crippen molar-refractivity contribution in [3.8, 4) is 6.07 Å². The summed E-state index contributed by atoms with van der Waals surface area (Å²) < 4.78 is 1.88. The topological polar surface area (TPSA) is 61.0 Å². The van der Waals surface area contributed by atoms with Crippen LogP contribution in [0.1, 0.15) is 37.7 Å². The van der Waals surface area contributed by atoms with Gasteiger partial charge in [0.05, 0.1) is 6.10 Å². The predicted molar refractivity (Wildman–Crippen MR) is 67.5 cm³/mol. The van der Waals surface area contributed by atoms with Crippen molar-refractivity contribution in [3.63, 3.8) is 0 Å². The molecular formula is C13H21N3O. The number of aliphatic hydroxyl groups excluding tert-OH is 1. The Balaban J connectivity index is 2.81. The number of aromatic nitrogens is 1. The van der Waals surface area contributed by atoms with Crippen LogP contribution in [0.4, 0.5) is 0 Å². The highest BCUT2D eigenvalue weighted by molar-refractivity contribution is 5.34. The Bertz CT molecular complexity index is 438. The second kappa shape index (κ2) is 4.91. The lowest BCUT2D eigenvalue weighted by molar-refractivity contribution is 0.0956. The maximum absolute atomic E-state index is 9.61. The molecule has 0 aliphatic carbocycles. The zero-order valence-corrected chi connectivity index (χ0v) is 11.2. The Kier molecular flexibility index (Phi) is 3.97. The number of hydrogen-bond acceptors (Lipinski definition) is 3. The lowest BCUT2D eigenvalue weighted by Gasteiger charge is -2.29. The molecule has 0 saturated carbocycles. The highest BCUT2D eigenvalue weighted by Gasteiger charge is 2.23. The van der Waals surface area contributed by atoms with Crippen LogP contribution in [0, 0.1) is 18.3 Å². The van der Waals surface area contributed by atoms with Gasteiger partial charge in [-0.1, -0.05) is 0 Å². The lowest BCUT2D eigenvalue weighted by atomic mass is 9.98. The summed E-state index contributed by atoms with van der Waals surface area (Å²) in [6.07, 6.45) is -0.429. The number of nitrogens with zero attached hydrogens (tertiary/aromatic N) is 2. The lowest BCUT2D eigenvalue weighted by Crippen LogP contribution is -2.47. The molecule has 0 spiro atoms. The molecule has 0 aliphatic heterocycles. The van der Waals surface area contributed by atoms with Gasteiger partial charge in [0.25, 0.3) is 0 Å². The SMILES string of the molecule is Cc1c(CNC(C)(C)C(C)O)cc(C#N)n1C. The Morgan fingerprint density at radius 1 is 1.59 bits per heavy atom. The Labute approximate surface area is 103 Å². The molecule has 1 unspecified atom stereocenters. The molecule has 1 atom stereocenters. The van der Waals surface area contributed by atoms with Crippen LogP contribution in [0.15, 0.2) is 6.07 Å². The summed E-state index contributed by atoms with van der Waals surface area (Å²) in [7, 11) is 1.89. The second-order valence-electron chi connectivity index (χ2n) is 5.06. The minimum Gasteiger partial charge on any atom is -0.392 e. The summed E-state index contributed by atoms with van der Waals surface area (Å²) >= 11 is 0. The minimum absolute atomic E-state index is 0.338. The van der Waals surface area contributed by atoms with Crippen LogP contribution in [0.25, 0.3) is 0 Å². The van der Waals surface area contributed by atoms with Crippen LogP contribution in [0.2, 0.25) is 0 Å². The summed E-state index contributed by atoms with van der Waals surface area (Å²) in [5.74, 6) is 0. The molecule has 0 fully saturated rings. The Morgan fingerprint density at radius 3 is 2.59 bits per heavy atom. The van der Waals surface area contributed by atoms with Crippen LogP contribution >= 0.6 is 0 Å². The van der Waals surface area contributed by atoms with Gasteiger partial charge in [-0.2, -0.15) is 5.26 Å². The van der Waals surface area contributed by atoms with E-state index in [-0.39, 0.29) is 5.54 Å². The highest BCUT2D eigenvalue weighted by Crippen LogP contribution is 2.15. The first-order valence-corrected chi connectivity index (χ1v) is 5.78. The van der Waals surface area contributed by atoms with Gasteiger partial charge < -0.3 is 15.0 Å². The monoisotopic (exact) mass is 235 g/mol. The van der Waals surface area contributed by atoms with E-state index in [2.05, 4.69) is 11.4 Å². The maximum atomic E-state index is 9.61. The first-order valence-electron chi connectivity index (χ1n) is 5.78. The fraction of sp³-hybridized carbons (Fsp3) is 0.615. The molecule has 2 N–H and O–H groups in total. The minimum atomic E-state index is -0.429. The molecule has 0 amide bonds. The second-order valence-corrected chi connectivity index (χ2v) is 5.06.